The van der Waals surface area contributed by atoms with E-state index in [-0.39, 0.29) is 6.04 Å². The first-order valence-electron chi connectivity index (χ1n) is 5.14. The van der Waals surface area contributed by atoms with Gasteiger partial charge < -0.3 is 15.3 Å². The summed E-state index contributed by atoms with van der Waals surface area (Å²) in [5, 5.41) is 12.0. The molecular formula is C10H20N2O2. The Morgan fingerprint density at radius 3 is 2.29 bits per heavy atom. The van der Waals surface area contributed by atoms with E-state index < -0.39 is 12.0 Å². The zero-order valence-corrected chi connectivity index (χ0v) is 9.16. The fourth-order valence-electron chi connectivity index (χ4n) is 2.21. The van der Waals surface area contributed by atoms with E-state index in [0.29, 0.717) is 5.92 Å². The minimum atomic E-state index is -0.752. The number of hydrogen-bond donors (Lipinski definition) is 2. The van der Waals surface area contributed by atoms with E-state index >= 15 is 0 Å². The normalized spacial score (nSPS) is 21.7. The molecule has 0 heterocycles. The molecule has 1 rings (SSSR count). The van der Waals surface area contributed by atoms with Crippen LogP contribution in [0, 0.1) is 5.92 Å². The Balaban J connectivity index is 2.68. The van der Waals surface area contributed by atoms with Gasteiger partial charge in [-0.15, -0.1) is 0 Å². The first-order valence-corrected chi connectivity index (χ1v) is 5.14. The molecule has 2 unspecified atom stereocenters. The van der Waals surface area contributed by atoms with Crippen LogP contribution in [0.2, 0.25) is 0 Å². The number of likely N-dealkylation sites (N-methyl/N-ethyl adjacent to an activating group) is 2. The van der Waals surface area contributed by atoms with E-state index in [1.165, 1.54) is 6.42 Å². The van der Waals surface area contributed by atoms with Crippen LogP contribution in [0.25, 0.3) is 0 Å². The average Bonchev–Trinajstić information content (AvgIpc) is 1.99. The Morgan fingerprint density at radius 1 is 1.50 bits per heavy atom. The van der Waals surface area contributed by atoms with Gasteiger partial charge in [-0.2, -0.15) is 0 Å². The molecule has 1 aliphatic carbocycles. The molecule has 0 aromatic heterocycles. The van der Waals surface area contributed by atoms with Crippen molar-refractivity contribution in [3.8, 4) is 0 Å². The first kappa shape index (κ1) is 11.5. The van der Waals surface area contributed by atoms with Crippen molar-refractivity contribution in [3.63, 3.8) is 0 Å². The van der Waals surface area contributed by atoms with Gasteiger partial charge in [0.25, 0.3) is 0 Å². The fraction of sp³-hybridized carbons (Fsp3) is 0.900. The molecular weight excluding hydrogens is 180 g/mol. The van der Waals surface area contributed by atoms with Gasteiger partial charge in [-0.1, -0.05) is 6.42 Å². The van der Waals surface area contributed by atoms with Crippen molar-refractivity contribution in [1.29, 1.82) is 0 Å². The Morgan fingerprint density at radius 2 is 2.07 bits per heavy atom. The number of nitrogens with one attached hydrogen (secondary N) is 1. The molecule has 82 valence electrons. The Hall–Kier alpha value is -0.610. The number of nitrogens with zero attached hydrogens (tertiary/aromatic N) is 1. The Kier molecular flexibility index (Phi) is 3.89. The molecule has 1 aliphatic rings. The lowest BCUT2D eigenvalue weighted by molar-refractivity contribution is -0.142. The number of carboxylic acid groups (broad SMARTS) is 1. The summed E-state index contributed by atoms with van der Waals surface area (Å²) < 4.78 is 0. The highest BCUT2D eigenvalue weighted by Crippen LogP contribution is 2.32. The topological polar surface area (TPSA) is 52.6 Å². The van der Waals surface area contributed by atoms with Crippen LogP contribution in [-0.2, 0) is 4.79 Å². The molecule has 0 aliphatic heterocycles. The zero-order chi connectivity index (χ0) is 10.7. The van der Waals surface area contributed by atoms with E-state index in [2.05, 4.69) is 5.32 Å². The second-order valence-corrected chi connectivity index (χ2v) is 4.25. The average molecular weight is 200 g/mol. The lowest BCUT2D eigenvalue weighted by atomic mass is 9.76. The van der Waals surface area contributed by atoms with Gasteiger partial charge >= 0.3 is 5.97 Å². The third-order valence-electron chi connectivity index (χ3n) is 3.15. The molecule has 0 saturated heterocycles. The molecule has 0 amide bonds. The molecule has 4 heteroatoms. The highest BCUT2D eigenvalue weighted by atomic mass is 16.4. The highest BCUT2D eigenvalue weighted by Gasteiger charge is 2.37. The molecule has 1 saturated carbocycles. The Labute approximate surface area is 85.3 Å². The van der Waals surface area contributed by atoms with Gasteiger partial charge in [0.2, 0.25) is 0 Å². The molecule has 1 fully saturated rings. The van der Waals surface area contributed by atoms with Crippen LogP contribution in [0.4, 0.5) is 0 Å². The summed E-state index contributed by atoms with van der Waals surface area (Å²) in [5.41, 5.74) is 0. The van der Waals surface area contributed by atoms with Gasteiger partial charge in [-0.3, -0.25) is 4.79 Å². The molecule has 2 N–H and O–H groups in total. The van der Waals surface area contributed by atoms with Crippen LogP contribution in [0.15, 0.2) is 0 Å². The number of carbonyl (C=O) groups is 1. The van der Waals surface area contributed by atoms with Crippen molar-refractivity contribution >= 4 is 5.97 Å². The molecule has 0 aromatic carbocycles. The maximum atomic E-state index is 11.0. The van der Waals surface area contributed by atoms with Crippen LogP contribution in [-0.4, -0.2) is 49.2 Å². The molecule has 0 radical (unpaired) electrons. The SMILES string of the molecule is CNC(C(=O)O)C(C1CCC1)N(C)C. The van der Waals surface area contributed by atoms with Crippen molar-refractivity contribution in [3.05, 3.63) is 0 Å². The van der Waals surface area contributed by atoms with Crippen LogP contribution in [0.1, 0.15) is 19.3 Å². The van der Waals surface area contributed by atoms with Gasteiger partial charge in [0.1, 0.15) is 6.04 Å². The van der Waals surface area contributed by atoms with Crippen LogP contribution >= 0.6 is 0 Å². The second kappa shape index (κ2) is 4.75. The van der Waals surface area contributed by atoms with Gasteiger partial charge in [0.15, 0.2) is 0 Å². The van der Waals surface area contributed by atoms with Gasteiger partial charge in [0, 0.05) is 6.04 Å². The van der Waals surface area contributed by atoms with Crippen LogP contribution in [0.5, 0.6) is 0 Å². The lowest BCUT2D eigenvalue weighted by Crippen LogP contribution is -2.55. The second-order valence-electron chi connectivity index (χ2n) is 4.25. The summed E-state index contributed by atoms with van der Waals surface area (Å²) in [7, 11) is 5.63. The monoisotopic (exact) mass is 200 g/mol. The third-order valence-corrected chi connectivity index (χ3v) is 3.15. The highest BCUT2D eigenvalue weighted by molar-refractivity contribution is 5.74. The van der Waals surface area contributed by atoms with E-state index in [1.54, 1.807) is 7.05 Å². The predicted octanol–water partition coefficient (Wildman–Crippen LogP) is 0.389. The van der Waals surface area contributed by atoms with Crippen molar-refractivity contribution in [2.75, 3.05) is 21.1 Å². The van der Waals surface area contributed by atoms with Crippen molar-refractivity contribution < 1.29 is 9.90 Å². The maximum Gasteiger partial charge on any atom is 0.322 e. The third kappa shape index (κ3) is 2.25. The van der Waals surface area contributed by atoms with Crippen molar-refractivity contribution in [1.82, 2.24) is 10.2 Å². The van der Waals surface area contributed by atoms with Crippen molar-refractivity contribution in [2.45, 2.75) is 31.3 Å². The van der Waals surface area contributed by atoms with Gasteiger partial charge in [-0.05, 0) is 39.9 Å². The molecule has 0 spiro atoms. The van der Waals surface area contributed by atoms with Gasteiger partial charge in [-0.25, -0.2) is 0 Å². The largest absolute Gasteiger partial charge is 0.480 e. The van der Waals surface area contributed by atoms with E-state index in [9.17, 15) is 4.79 Å². The molecule has 4 nitrogen and oxygen atoms in total. The van der Waals surface area contributed by atoms with Crippen LogP contribution < -0.4 is 5.32 Å². The minimum absolute atomic E-state index is 0.117. The summed E-state index contributed by atoms with van der Waals surface area (Å²) in [5.74, 6) is -0.211. The number of rotatable bonds is 5. The minimum Gasteiger partial charge on any atom is -0.480 e. The molecule has 2 atom stereocenters. The predicted molar refractivity (Wildman–Crippen MR) is 55.3 cm³/mol. The standard InChI is InChI=1S/C10H20N2O2/c1-11-8(10(13)14)9(12(2)3)7-5-4-6-7/h7-9,11H,4-6H2,1-3H3,(H,13,14). The van der Waals surface area contributed by atoms with Crippen molar-refractivity contribution in [2.24, 2.45) is 5.92 Å². The molecule has 0 bridgehead atoms. The van der Waals surface area contributed by atoms with E-state index in [1.807, 2.05) is 19.0 Å². The quantitative estimate of drug-likeness (QED) is 0.674. The van der Waals surface area contributed by atoms with Gasteiger partial charge in [0.05, 0.1) is 0 Å². The number of aliphatic carboxylic acids is 1. The maximum absolute atomic E-state index is 11.0. The number of carboxylic acids is 1. The summed E-state index contributed by atoms with van der Waals surface area (Å²) in [6, 6.07) is -0.332. The molecule has 0 aromatic rings. The Bertz CT molecular complexity index is 202. The summed E-state index contributed by atoms with van der Waals surface area (Å²) in [6.45, 7) is 0. The fourth-order valence-corrected chi connectivity index (χ4v) is 2.21. The lowest BCUT2D eigenvalue weighted by Gasteiger charge is -2.40. The first-order chi connectivity index (χ1) is 6.57. The van der Waals surface area contributed by atoms with Crippen LogP contribution in [0.3, 0.4) is 0 Å². The zero-order valence-electron chi connectivity index (χ0n) is 9.16. The summed E-state index contributed by atoms with van der Waals surface area (Å²) in [6.07, 6.45) is 3.56. The smallest absolute Gasteiger partial charge is 0.322 e. The molecule has 14 heavy (non-hydrogen) atoms. The number of hydrogen-bond acceptors (Lipinski definition) is 3. The summed E-state index contributed by atoms with van der Waals surface area (Å²) in [4.78, 5) is 13.1. The van der Waals surface area contributed by atoms with E-state index in [0.717, 1.165) is 12.8 Å². The van der Waals surface area contributed by atoms with E-state index in [4.69, 9.17) is 5.11 Å². The summed E-state index contributed by atoms with van der Waals surface area (Å²) >= 11 is 0.